The van der Waals surface area contributed by atoms with Crippen LogP contribution in [0.2, 0.25) is 0 Å². The van der Waals surface area contributed by atoms with E-state index in [0.717, 1.165) is 34.8 Å². The molecular weight excluding hydrogens is 194 g/mol. The van der Waals surface area contributed by atoms with Crippen LogP contribution in [0.3, 0.4) is 0 Å². The molecule has 0 aliphatic heterocycles. The maximum Gasteiger partial charge on any atom is 0.0901 e. The molecule has 1 N–H and O–H groups in total. The third-order valence-corrected chi connectivity index (χ3v) is 3.30. The Balaban J connectivity index is 2.55. The van der Waals surface area contributed by atoms with Crippen LogP contribution >= 0.6 is 11.3 Å². The number of unbranched alkanes of at least 4 members (excludes halogenated alkanes) is 1. The Labute approximate surface area is 89.3 Å². The lowest BCUT2D eigenvalue weighted by Gasteiger charge is -2.07. The molecule has 1 aromatic rings. The largest absolute Gasteiger partial charge is 0.388 e. The van der Waals surface area contributed by atoms with Crippen LogP contribution in [0.25, 0.3) is 0 Å². The minimum Gasteiger partial charge on any atom is -0.388 e. The molecule has 14 heavy (non-hydrogen) atoms. The topological polar surface area (TPSA) is 33.1 Å². The number of rotatable bonds is 5. The van der Waals surface area contributed by atoms with E-state index in [2.05, 4.69) is 11.6 Å². The average molecular weight is 211 g/mol. The van der Waals surface area contributed by atoms with Crippen LogP contribution in [0.1, 0.15) is 40.9 Å². The molecule has 1 unspecified atom stereocenters. The Bertz CT molecular complexity index is 306. The molecule has 0 amide bonds. The number of aromatic nitrogens is 1. The maximum atomic E-state index is 9.88. The highest BCUT2D eigenvalue weighted by Crippen LogP contribution is 2.27. The van der Waals surface area contributed by atoms with Gasteiger partial charge in [-0.1, -0.05) is 6.08 Å². The van der Waals surface area contributed by atoms with E-state index >= 15 is 0 Å². The number of aryl methyl sites for hydroxylation is 2. The quantitative estimate of drug-likeness (QED) is 0.599. The molecule has 0 aliphatic carbocycles. The Kier molecular flexibility index (Phi) is 4.29. The lowest BCUT2D eigenvalue weighted by molar-refractivity contribution is 0.168. The van der Waals surface area contributed by atoms with Crippen LogP contribution in [-0.2, 0) is 0 Å². The van der Waals surface area contributed by atoms with Crippen molar-refractivity contribution in [2.75, 3.05) is 0 Å². The molecule has 3 heteroatoms. The molecule has 78 valence electrons. The molecule has 1 aromatic heterocycles. The summed E-state index contributed by atoms with van der Waals surface area (Å²) in [6, 6.07) is 0. The van der Waals surface area contributed by atoms with Crippen molar-refractivity contribution in [2.24, 2.45) is 0 Å². The summed E-state index contributed by atoms with van der Waals surface area (Å²) in [7, 11) is 0. The smallest absolute Gasteiger partial charge is 0.0901 e. The highest BCUT2D eigenvalue weighted by molar-refractivity contribution is 7.11. The first-order valence-electron chi connectivity index (χ1n) is 4.88. The fourth-order valence-electron chi connectivity index (χ4n) is 1.44. The second kappa shape index (κ2) is 5.27. The fraction of sp³-hybridized carbons (Fsp3) is 0.545. The van der Waals surface area contributed by atoms with Gasteiger partial charge >= 0.3 is 0 Å². The Morgan fingerprint density at radius 3 is 2.79 bits per heavy atom. The molecule has 0 aromatic carbocycles. The number of allylic oxidation sites excluding steroid dienone is 1. The Morgan fingerprint density at radius 1 is 1.57 bits per heavy atom. The summed E-state index contributed by atoms with van der Waals surface area (Å²) < 4.78 is 0. The summed E-state index contributed by atoms with van der Waals surface area (Å²) in [4.78, 5) is 5.32. The first kappa shape index (κ1) is 11.4. The lowest BCUT2D eigenvalue weighted by Crippen LogP contribution is -1.96. The summed E-state index contributed by atoms with van der Waals surface area (Å²) in [5, 5.41) is 10.9. The SMILES string of the molecule is C=CCCCC(O)c1sc(C)nc1C. The molecule has 0 saturated carbocycles. The van der Waals surface area contributed by atoms with Crippen LogP contribution in [-0.4, -0.2) is 10.1 Å². The van der Waals surface area contributed by atoms with Gasteiger partial charge in [0.15, 0.2) is 0 Å². The van der Waals surface area contributed by atoms with Crippen molar-refractivity contribution in [3.8, 4) is 0 Å². The van der Waals surface area contributed by atoms with Crippen LogP contribution in [0.4, 0.5) is 0 Å². The van der Waals surface area contributed by atoms with E-state index in [0.29, 0.717) is 0 Å². The van der Waals surface area contributed by atoms with E-state index in [9.17, 15) is 5.11 Å². The van der Waals surface area contributed by atoms with E-state index in [1.807, 2.05) is 19.9 Å². The van der Waals surface area contributed by atoms with E-state index in [4.69, 9.17) is 0 Å². The zero-order valence-electron chi connectivity index (χ0n) is 8.79. The highest BCUT2D eigenvalue weighted by atomic mass is 32.1. The first-order valence-corrected chi connectivity index (χ1v) is 5.69. The summed E-state index contributed by atoms with van der Waals surface area (Å²) in [5.41, 5.74) is 0.971. The first-order chi connectivity index (χ1) is 6.65. The van der Waals surface area contributed by atoms with Gasteiger partial charge in [-0.25, -0.2) is 4.98 Å². The van der Waals surface area contributed by atoms with Gasteiger partial charge in [0.05, 0.1) is 21.7 Å². The second-order valence-corrected chi connectivity index (χ2v) is 4.65. The molecule has 1 rings (SSSR count). The van der Waals surface area contributed by atoms with Crippen molar-refractivity contribution in [2.45, 2.75) is 39.2 Å². The van der Waals surface area contributed by atoms with E-state index in [1.54, 1.807) is 11.3 Å². The molecule has 0 aliphatic rings. The fourth-order valence-corrected chi connectivity index (χ4v) is 2.39. The molecule has 0 spiro atoms. The molecule has 0 bridgehead atoms. The van der Waals surface area contributed by atoms with Gasteiger partial charge in [0, 0.05) is 0 Å². The number of hydrogen-bond acceptors (Lipinski definition) is 3. The van der Waals surface area contributed by atoms with Crippen molar-refractivity contribution in [1.29, 1.82) is 0 Å². The molecule has 2 nitrogen and oxygen atoms in total. The van der Waals surface area contributed by atoms with E-state index in [-0.39, 0.29) is 6.10 Å². The van der Waals surface area contributed by atoms with Gasteiger partial charge in [-0.2, -0.15) is 0 Å². The van der Waals surface area contributed by atoms with Gasteiger partial charge < -0.3 is 5.11 Å². The molecule has 1 heterocycles. The predicted octanol–water partition coefficient (Wildman–Crippen LogP) is 3.15. The number of aliphatic hydroxyl groups excluding tert-OH is 1. The average Bonchev–Trinajstić information content (AvgIpc) is 2.45. The maximum absolute atomic E-state index is 9.88. The Morgan fingerprint density at radius 2 is 2.29 bits per heavy atom. The molecule has 0 saturated heterocycles. The zero-order chi connectivity index (χ0) is 10.6. The van der Waals surface area contributed by atoms with E-state index in [1.165, 1.54) is 0 Å². The third kappa shape index (κ3) is 2.93. The van der Waals surface area contributed by atoms with Crippen molar-refractivity contribution in [1.82, 2.24) is 4.98 Å². The van der Waals surface area contributed by atoms with Crippen molar-refractivity contribution in [3.63, 3.8) is 0 Å². The predicted molar refractivity (Wildman–Crippen MR) is 60.6 cm³/mol. The van der Waals surface area contributed by atoms with Gasteiger partial charge in [-0.05, 0) is 33.1 Å². The number of nitrogens with zero attached hydrogens (tertiary/aromatic N) is 1. The van der Waals surface area contributed by atoms with Gasteiger partial charge in [0.2, 0.25) is 0 Å². The van der Waals surface area contributed by atoms with Crippen molar-refractivity contribution in [3.05, 3.63) is 28.2 Å². The number of aliphatic hydroxyl groups is 1. The molecular formula is C11H17NOS. The summed E-state index contributed by atoms with van der Waals surface area (Å²) in [6.45, 7) is 7.58. The van der Waals surface area contributed by atoms with Crippen LogP contribution in [0.5, 0.6) is 0 Å². The van der Waals surface area contributed by atoms with Crippen LogP contribution < -0.4 is 0 Å². The summed E-state index contributed by atoms with van der Waals surface area (Å²) in [5.74, 6) is 0. The molecule has 1 atom stereocenters. The normalized spacial score (nSPS) is 12.8. The number of thiazole rings is 1. The summed E-state index contributed by atoms with van der Waals surface area (Å²) in [6.07, 6.45) is 4.29. The minimum atomic E-state index is -0.346. The zero-order valence-corrected chi connectivity index (χ0v) is 9.60. The Hall–Kier alpha value is -0.670. The van der Waals surface area contributed by atoms with Gasteiger partial charge in [-0.3, -0.25) is 0 Å². The molecule has 0 radical (unpaired) electrons. The van der Waals surface area contributed by atoms with Gasteiger partial charge in [0.25, 0.3) is 0 Å². The monoisotopic (exact) mass is 211 g/mol. The lowest BCUT2D eigenvalue weighted by atomic mass is 10.1. The van der Waals surface area contributed by atoms with Crippen LogP contribution in [0, 0.1) is 13.8 Å². The van der Waals surface area contributed by atoms with Crippen molar-refractivity contribution < 1.29 is 5.11 Å². The van der Waals surface area contributed by atoms with Crippen LogP contribution in [0.15, 0.2) is 12.7 Å². The van der Waals surface area contributed by atoms with E-state index < -0.39 is 0 Å². The standard InChI is InChI=1S/C11H17NOS/c1-4-5-6-7-10(13)11-8(2)12-9(3)14-11/h4,10,13H,1,5-7H2,2-3H3. The minimum absolute atomic E-state index is 0.346. The number of hydrogen-bond donors (Lipinski definition) is 1. The summed E-state index contributed by atoms with van der Waals surface area (Å²) >= 11 is 1.59. The van der Waals surface area contributed by atoms with Gasteiger partial charge in [-0.15, -0.1) is 17.9 Å². The van der Waals surface area contributed by atoms with Crippen molar-refractivity contribution >= 4 is 11.3 Å². The molecule has 0 fully saturated rings. The second-order valence-electron chi connectivity index (χ2n) is 3.42. The highest BCUT2D eigenvalue weighted by Gasteiger charge is 2.13. The van der Waals surface area contributed by atoms with Gasteiger partial charge in [0.1, 0.15) is 0 Å². The third-order valence-electron chi connectivity index (χ3n) is 2.13.